The SMILES string of the molecule is c1cc(N=Nc2ccc(OCC3CO3)cc2)ccc1N=Nc1ccc(OCC2CO2)cc1. The maximum atomic E-state index is 5.62. The van der Waals surface area contributed by atoms with Crippen molar-refractivity contribution in [2.24, 2.45) is 20.5 Å². The van der Waals surface area contributed by atoms with E-state index in [1.54, 1.807) is 0 Å². The zero-order chi connectivity index (χ0) is 21.6. The molecule has 0 bridgehead atoms. The molecule has 2 aliphatic heterocycles. The second kappa shape index (κ2) is 9.67. The van der Waals surface area contributed by atoms with Gasteiger partial charge < -0.3 is 18.9 Å². The molecule has 32 heavy (non-hydrogen) atoms. The van der Waals surface area contributed by atoms with Gasteiger partial charge in [-0.25, -0.2) is 0 Å². The molecule has 162 valence electrons. The lowest BCUT2D eigenvalue weighted by Crippen LogP contribution is -2.03. The van der Waals surface area contributed by atoms with Crippen LogP contribution in [0.3, 0.4) is 0 Å². The first kappa shape index (κ1) is 20.3. The van der Waals surface area contributed by atoms with Crippen LogP contribution in [-0.4, -0.2) is 38.6 Å². The predicted molar refractivity (Wildman–Crippen MR) is 118 cm³/mol. The quantitative estimate of drug-likeness (QED) is 0.288. The van der Waals surface area contributed by atoms with Crippen LogP contribution in [-0.2, 0) is 9.47 Å². The van der Waals surface area contributed by atoms with Crippen molar-refractivity contribution in [1.29, 1.82) is 0 Å². The first-order chi connectivity index (χ1) is 15.8. The molecule has 0 aromatic heterocycles. The number of epoxide rings is 2. The van der Waals surface area contributed by atoms with Gasteiger partial charge in [0.05, 0.1) is 36.0 Å². The van der Waals surface area contributed by atoms with Gasteiger partial charge in [-0.2, -0.15) is 20.5 Å². The fraction of sp³-hybridized carbons (Fsp3) is 0.250. The van der Waals surface area contributed by atoms with E-state index >= 15 is 0 Å². The number of hydrogen-bond donors (Lipinski definition) is 0. The molecule has 2 heterocycles. The van der Waals surface area contributed by atoms with E-state index in [0.29, 0.717) is 13.2 Å². The Balaban J connectivity index is 1.12. The number of ether oxygens (including phenoxy) is 4. The number of rotatable bonds is 10. The van der Waals surface area contributed by atoms with E-state index in [4.69, 9.17) is 18.9 Å². The Bertz CT molecular complexity index is 986. The first-order valence-corrected chi connectivity index (χ1v) is 10.4. The Morgan fingerprint density at radius 3 is 1.09 bits per heavy atom. The summed E-state index contributed by atoms with van der Waals surface area (Å²) in [5.41, 5.74) is 2.97. The van der Waals surface area contributed by atoms with Crippen molar-refractivity contribution in [2.45, 2.75) is 12.2 Å². The second-order valence-electron chi connectivity index (χ2n) is 7.44. The Kier molecular flexibility index (Phi) is 6.13. The van der Waals surface area contributed by atoms with Crippen molar-refractivity contribution in [3.63, 3.8) is 0 Å². The maximum Gasteiger partial charge on any atom is 0.119 e. The topological polar surface area (TPSA) is 93.0 Å². The van der Waals surface area contributed by atoms with Crippen LogP contribution in [0.2, 0.25) is 0 Å². The van der Waals surface area contributed by atoms with Crippen molar-refractivity contribution in [2.75, 3.05) is 26.4 Å². The molecule has 2 unspecified atom stereocenters. The third-order valence-electron chi connectivity index (χ3n) is 4.76. The lowest BCUT2D eigenvalue weighted by molar-refractivity contribution is 0.263. The predicted octanol–water partition coefficient (Wildman–Crippen LogP) is 6.07. The lowest BCUT2D eigenvalue weighted by Gasteiger charge is -2.03. The van der Waals surface area contributed by atoms with Crippen LogP contribution in [0.1, 0.15) is 0 Å². The normalized spacial score (nSPS) is 19.4. The van der Waals surface area contributed by atoms with E-state index in [9.17, 15) is 0 Å². The van der Waals surface area contributed by atoms with Gasteiger partial charge in [-0.05, 0) is 72.8 Å². The van der Waals surface area contributed by atoms with Crippen LogP contribution in [0, 0.1) is 0 Å². The average molecular weight is 430 g/mol. The molecule has 3 aromatic rings. The van der Waals surface area contributed by atoms with Crippen LogP contribution in [0.15, 0.2) is 93.3 Å². The Morgan fingerprint density at radius 2 is 0.812 bits per heavy atom. The van der Waals surface area contributed by atoms with Gasteiger partial charge in [0.15, 0.2) is 0 Å². The standard InChI is InChI=1S/C24H22N4O4/c1-2-18(26-28-20-7-11-22(12-8-20)30-14-24-16-32-24)4-3-17(1)25-27-19-5-9-21(10-6-19)29-13-23-15-31-23/h1-12,23-24H,13-16H2. The summed E-state index contributed by atoms with van der Waals surface area (Å²) in [4.78, 5) is 0. The number of hydrogen-bond acceptors (Lipinski definition) is 8. The Morgan fingerprint density at radius 1 is 0.531 bits per heavy atom. The summed E-state index contributed by atoms with van der Waals surface area (Å²) in [6.45, 7) is 2.73. The van der Waals surface area contributed by atoms with E-state index in [-0.39, 0.29) is 12.2 Å². The van der Waals surface area contributed by atoms with Gasteiger partial charge >= 0.3 is 0 Å². The third kappa shape index (κ3) is 6.19. The third-order valence-corrected chi connectivity index (χ3v) is 4.76. The summed E-state index contributed by atoms with van der Waals surface area (Å²) < 4.78 is 21.5. The molecule has 2 aliphatic rings. The molecule has 0 N–H and O–H groups in total. The fourth-order valence-corrected chi connectivity index (χ4v) is 2.74. The fourth-order valence-electron chi connectivity index (χ4n) is 2.74. The van der Waals surface area contributed by atoms with Gasteiger partial charge in [-0.1, -0.05) is 0 Å². The second-order valence-corrected chi connectivity index (χ2v) is 7.44. The molecule has 3 aromatic carbocycles. The zero-order valence-electron chi connectivity index (χ0n) is 17.3. The number of benzene rings is 3. The Labute approximate surface area is 185 Å². The minimum Gasteiger partial charge on any atom is -0.491 e. The molecule has 0 aliphatic carbocycles. The maximum absolute atomic E-state index is 5.62. The molecule has 5 rings (SSSR count). The highest BCUT2D eigenvalue weighted by Crippen LogP contribution is 2.26. The van der Waals surface area contributed by atoms with E-state index < -0.39 is 0 Å². The first-order valence-electron chi connectivity index (χ1n) is 10.4. The monoisotopic (exact) mass is 430 g/mol. The van der Waals surface area contributed by atoms with Crippen molar-refractivity contribution >= 4 is 22.7 Å². The van der Waals surface area contributed by atoms with Crippen LogP contribution in [0.25, 0.3) is 0 Å². The highest BCUT2D eigenvalue weighted by molar-refractivity contribution is 5.49. The summed E-state index contributed by atoms with van der Waals surface area (Å²) in [5, 5.41) is 17.0. The summed E-state index contributed by atoms with van der Waals surface area (Å²) in [7, 11) is 0. The molecule has 2 saturated heterocycles. The molecular formula is C24H22N4O4. The highest BCUT2D eigenvalue weighted by atomic mass is 16.6. The van der Waals surface area contributed by atoms with Crippen LogP contribution in [0.5, 0.6) is 11.5 Å². The summed E-state index contributed by atoms with van der Waals surface area (Å²) in [6, 6.07) is 22.4. The van der Waals surface area contributed by atoms with Gasteiger partial charge in [0, 0.05) is 0 Å². The highest BCUT2D eigenvalue weighted by Gasteiger charge is 2.23. The number of nitrogens with zero attached hydrogens (tertiary/aromatic N) is 4. The van der Waals surface area contributed by atoms with Gasteiger partial charge in [0.2, 0.25) is 0 Å². The van der Waals surface area contributed by atoms with E-state index in [1.807, 2.05) is 72.8 Å². The van der Waals surface area contributed by atoms with E-state index in [2.05, 4.69) is 20.5 Å². The molecule has 8 nitrogen and oxygen atoms in total. The van der Waals surface area contributed by atoms with Crippen LogP contribution >= 0.6 is 0 Å². The summed E-state index contributed by atoms with van der Waals surface area (Å²) in [6.07, 6.45) is 0.481. The molecule has 0 spiro atoms. The van der Waals surface area contributed by atoms with E-state index in [1.165, 1.54) is 0 Å². The molecule has 2 fully saturated rings. The van der Waals surface area contributed by atoms with Crippen molar-refractivity contribution in [1.82, 2.24) is 0 Å². The molecule has 0 saturated carbocycles. The summed E-state index contributed by atoms with van der Waals surface area (Å²) >= 11 is 0. The lowest BCUT2D eigenvalue weighted by atomic mass is 10.3. The molecule has 2 atom stereocenters. The van der Waals surface area contributed by atoms with Crippen LogP contribution < -0.4 is 9.47 Å². The molecule has 8 heteroatoms. The van der Waals surface area contributed by atoms with Crippen molar-refractivity contribution in [3.05, 3.63) is 72.8 Å². The van der Waals surface area contributed by atoms with Gasteiger partial charge in [0.1, 0.15) is 36.9 Å². The molecule has 0 radical (unpaired) electrons. The average Bonchev–Trinajstić information content (AvgIpc) is 3.76. The largest absolute Gasteiger partial charge is 0.491 e. The van der Waals surface area contributed by atoms with Crippen molar-refractivity contribution in [3.8, 4) is 11.5 Å². The smallest absolute Gasteiger partial charge is 0.119 e. The van der Waals surface area contributed by atoms with Gasteiger partial charge in [-0.15, -0.1) is 0 Å². The molecule has 0 amide bonds. The van der Waals surface area contributed by atoms with Gasteiger partial charge in [0.25, 0.3) is 0 Å². The summed E-state index contributed by atoms with van der Waals surface area (Å²) in [5.74, 6) is 1.59. The zero-order valence-corrected chi connectivity index (χ0v) is 17.3. The Hall–Kier alpha value is -3.62. The van der Waals surface area contributed by atoms with Crippen molar-refractivity contribution < 1.29 is 18.9 Å². The van der Waals surface area contributed by atoms with E-state index in [0.717, 1.165) is 47.5 Å². The van der Waals surface area contributed by atoms with Crippen LogP contribution in [0.4, 0.5) is 22.7 Å². The number of azo groups is 2. The molecular weight excluding hydrogens is 408 g/mol. The van der Waals surface area contributed by atoms with Gasteiger partial charge in [-0.3, -0.25) is 0 Å². The minimum absolute atomic E-state index is 0.240. The minimum atomic E-state index is 0.240.